The van der Waals surface area contributed by atoms with Crippen molar-refractivity contribution in [3.05, 3.63) is 29.3 Å². The maximum absolute atomic E-state index is 5.86. The molecule has 0 bridgehead atoms. The summed E-state index contributed by atoms with van der Waals surface area (Å²) in [5, 5.41) is 0. The van der Waals surface area contributed by atoms with E-state index in [9.17, 15) is 0 Å². The molecule has 2 N–H and O–H groups in total. The molecule has 1 aliphatic rings. The number of hydrogen-bond acceptors (Lipinski definition) is 2. The van der Waals surface area contributed by atoms with Crippen molar-refractivity contribution in [1.82, 2.24) is 0 Å². The standard InChI is InChI=1S/C13H19NO.ClH/c1-9-5-12(10(2)14)7-13(6-9)15-8-11-3-4-11;/h5-7,10-11H,3-4,8,14H2,1-2H3;1H/t10-;/m0./s1. The molecule has 1 aliphatic carbocycles. The van der Waals surface area contributed by atoms with Crippen LogP contribution in [0.5, 0.6) is 5.75 Å². The molecule has 1 saturated carbocycles. The molecule has 0 heterocycles. The number of ether oxygens (including phenoxy) is 1. The SMILES string of the molecule is Cc1cc(OCC2CC2)cc([C@H](C)N)c1.Cl. The summed E-state index contributed by atoms with van der Waals surface area (Å²) in [6, 6.07) is 6.33. The third kappa shape index (κ3) is 3.69. The van der Waals surface area contributed by atoms with Crippen LogP contribution < -0.4 is 10.5 Å². The van der Waals surface area contributed by atoms with Crippen molar-refractivity contribution in [1.29, 1.82) is 0 Å². The smallest absolute Gasteiger partial charge is 0.119 e. The number of hydrogen-bond donors (Lipinski definition) is 1. The van der Waals surface area contributed by atoms with E-state index in [0.717, 1.165) is 23.8 Å². The average molecular weight is 242 g/mol. The molecule has 0 amide bonds. The van der Waals surface area contributed by atoms with Crippen molar-refractivity contribution < 1.29 is 4.74 Å². The Kier molecular flexibility index (Phi) is 4.63. The number of aryl methyl sites for hydroxylation is 1. The monoisotopic (exact) mass is 241 g/mol. The Morgan fingerprint density at radius 1 is 1.38 bits per heavy atom. The van der Waals surface area contributed by atoms with Crippen LogP contribution in [-0.4, -0.2) is 6.61 Å². The molecule has 1 aromatic carbocycles. The normalized spacial score (nSPS) is 16.4. The van der Waals surface area contributed by atoms with Crippen LogP contribution in [0.15, 0.2) is 18.2 Å². The van der Waals surface area contributed by atoms with Crippen LogP contribution in [-0.2, 0) is 0 Å². The Labute approximate surface area is 104 Å². The van der Waals surface area contributed by atoms with Crippen LogP contribution in [0.4, 0.5) is 0 Å². The number of rotatable bonds is 4. The van der Waals surface area contributed by atoms with Crippen LogP contribution >= 0.6 is 12.4 Å². The highest BCUT2D eigenvalue weighted by atomic mass is 35.5. The predicted molar refractivity (Wildman–Crippen MR) is 69.2 cm³/mol. The molecule has 3 heteroatoms. The minimum Gasteiger partial charge on any atom is -0.493 e. The maximum Gasteiger partial charge on any atom is 0.119 e. The molecule has 90 valence electrons. The molecule has 1 atom stereocenters. The minimum absolute atomic E-state index is 0. The van der Waals surface area contributed by atoms with Gasteiger partial charge in [0.1, 0.15) is 5.75 Å². The van der Waals surface area contributed by atoms with E-state index in [0.29, 0.717) is 0 Å². The summed E-state index contributed by atoms with van der Waals surface area (Å²) in [4.78, 5) is 0. The van der Waals surface area contributed by atoms with Crippen molar-refractivity contribution in [2.75, 3.05) is 6.61 Å². The lowest BCUT2D eigenvalue weighted by molar-refractivity contribution is 0.299. The van der Waals surface area contributed by atoms with Crippen molar-refractivity contribution in [2.24, 2.45) is 11.7 Å². The van der Waals surface area contributed by atoms with E-state index in [4.69, 9.17) is 10.5 Å². The Balaban J connectivity index is 0.00000128. The molecule has 16 heavy (non-hydrogen) atoms. The molecule has 0 saturated heterocycles. The summed E-state index contributed by atoms with van der Waals surface area (Å²) < 4.78 is 5.75. The number of benzene rings is 1. The van der Waals surface area contributed by atoms with Gasteiger partial charge in [-0.25, -0.2) is 0 Å². The first-order valence-corrected chi connectivity index (χ1v) is 5.65. The first kappa shape index (κ1) is 13.3. The van der Waals surface area contributed by atoms with Crippen LogP contribution in [0.25, 0.3) is 0 Å². The van der Waals surface area contributed by atoms with Gasteiger partial charge in [-0.1, -0.05) is 6.07 Å². The zero-order valence-electron chi connectivity index (χ0n) is 9.90. The summed E-state index contributed by atoms with van der Waals surface area (Å²) >= 11 is 0. The summed E-state index contributed by atoms with van der Waals surface area (Å²) in [5.41, 5.74) is 8.24. The highest BCUT2D eigenvalue weighted by molar-refractivity contribution is 5.85. The zero-order chi connectivity index (χ0) is 10.8. The third-order valence-electron chi connectivity index (χ3n) is 2.78. The van der Waals surface area contributed by atoms with E-state index >= 15 is 0 Å². The van der Waals surface area contributed by atoms with Gasteiger partial charge in [-0.2, -0.15) is 0 Å². The average Bonchev–Trinajstić information content (AvgIpc) is 2.97. The van der Waals surface area contributed by atoms with E-state index in [1.165, 1.54) is 18.4 Å². The molecule has 0 spiro atoms. The largest absolute Gasteiger partial charge is 0.493 e. The quantitative estimate of drug-likeness (QED) is 0.879. The van der Waals surface area contributed by atoms with Crippen molar-refractivity contribution in [3.63, 3.8) is 0 Å². The topological polar surface area (TPSA) is 35.2 Å². The second kappa shape index (κ2) is 5.55. The highest BCUT2D eigenvalue weighted by Gasteiger charge is 2.21. The molecule has 0 aliphatic heterocycles. The molecule has 0 unspecified atom stereocenters. The van der Waals surface area contributed by atoms with Gasteiger partial charge in [0.25, 0.3) is 0 Å². The lowest BCUT2D eigenvalue weighted by Crippen LogP contribution is -2.06. The van der Waals surface area contributed by atoms with Gasteiger partial charge in [0.2, 0.25) is 0 Å². The zero-order valence-corrected chi connectivity index (χ0v) is 10.7. The van der Waals surface area contributed by atoms with Crippen LogP contribution in [0.3, 0.4) is 0 Å². The molecule has 0 aromatic heterocycles. The predicted octanol–water partition coefficient (Wildman–Crippen LogP) is 3.23. The second-order valence-electron chi connectivity index (χ2n) is 4.62. The van der Waals surface area contributed by atoms with Gasteiger partial charge in [-0.3, -0.25) is 0 Å². The van der Waals surface area contributed by atoms with Gasteiger partial charge in [0, 0.05) is 6.04 Å². The summed E-state index contributed by atoms with van der Waals surface area (Å²) in [7, 11) is 0. The summed E-state index contributed by atoms with van der Waals surface area (Å²) in [6.07, 6.45) is 2.65. The van der Waals surface area contributed by atoms with Gasteiger partial charge >= 0.3 is 0 Å². The molecular weight excluding hydrogens is 222 g/mol. The summed E-state index contributed by atoms with van der Waals surface area (Å²) in [5.74, 6) is 1.76. The van der Waals surface area contributed by atoms with E-state index in [1.54, 1.807) is 0 Å². The molecule has 1 aromatic rings. The van der Waals surface area contributed by atoms with Gasteiger partial charge < -0.3 is 10.5 Å². The maximum atomic E-state index is 5.86. The Morgan fingerprint density at radius 2 is 2.06 bits per heavy atom. The van der Waals surface area contributed by atoms with Gasteiger partial charge in [-0.05, 0) is 55.9 Å². The fourth-order valence-electron chi connectivity index (χ4n) is 1.62. The fourth-order valence-corrected chi connectivity index (χ4v) is 1.62. The molecule has 2 nitrogen and oxygen atoms in total. The first-order chi connectivity index (χ1) is 7.15. The van der Waals surface area contributed by atoms with Gasteiger partial charge in [0.05, 0.1) is 6.61 Å². The Bertz CT molecular complexity index is 348. The molecular formula is C13H20ClNO. The lowest BCUT2D eigenvalue weighted by Gasteiger charge is -2.11. The van der Waals surface area contributed by atoms with Crippen LogP contribution in [0.2, 0.25) is 0 Å². The lowest BCUT2D eigenvalue weighted by atomic mass is 10.1. The van der Waals surface area contributed by atoms with Gasteiger partial charge in [0.15, 0.2) is 0 Å². The highest BCUT2D eigenvalue weighted by Crippen LogP contribution is 2.30. The fraction of sp³-hybridized carbons (Fsp3) is 0.538. The van der Waals surface area contributed by atoms with Gasteiger partial charge in [-0.15, -0.1) is 12.4 Å². The van der Waals surface area contributed by atoms with Crippen molar-refractivity contribution in [2.45, 2.75) is 32.7 Å². The van der Waals surface area contributed by atoms with Crippen LogP contribution in [0, 0.1) is 12.8 Å². The minimum atomic E-state index is 0. The van der Waals surface area contributed by atoms with E-state index < -0.39 is 0 Å². The molecule has 0 radical (unpaired) electrons. The van der Waals surface area contributed by atoms with E-state index in [2.05, 4.69) is 25.1 Å². The Morgan fingerprint density at radius 3 is 2.62 bits per heavy atom. The van der Waals surface area contributed by atoms with Crippen molar-refractivity contribution >= 4 is 12.4 Å². The molecule has 1 fully saturated rings. The first-order valence-electron chi connectivity index (χ1n) is 5.65. The molecule has 2 rings (SSSR count). The second-order valence-corrected chi connectivity index (χ2v) is 4.62. The number of halogens is 1. The Hall–Kier alpha value is -0.730. The van der Waals surface area contributed by atoms with E-state index in [-0.39, 0.29) is 18.4 Å². The van der Waals surface area contributed by atoms with Crippen molar-refractivity contribution in [3.8, 4) is 5.75 Å². The van der Waals surface area contributed by atoms with E-state index in [1.807, 2.05) is 6.92 Å². The third-order valence-corrected chi connectivity index (χ3v) is 2.78. The van der Waals surface area contributed by atoms with Crippen LogP contribution in [0.1, 0.15) is 36.9 Å². The summed E-state index contributed by atoms with van der Waals surface area (Å²) in [6.45, 7) is 4.94. The number of nitrogens with two attached hydrogens (primary N) is 1.